The highest BCUT2D eigenvalue weighted by Gasteiger charge is 2.18. The van der Waals surface area contributed by atoms with Crippen LogP contribution in [0.3, 0.4) is 0 Å². The zero-order valence-corrected chi connectivity index (χ0v) is 5.21. The van der Waals surface area contributed by atoms with E-state index in [4.69, 9.17) is 20.2 Å². The van der Waals surface area contributed by atoms with Gasteiger partial charge in [-0.25, -0.2) is 4.21 Å². The predicted molar refractivity (Wildman–Crippen MR) is 31.6 cm³/mol. The van der Waals surface area contributed by atoms with Crippen molar-refractivity contribution in [1.29, 1.82) is 5.41 Å². The van der Waals surface area contributed by atoms with Gasteiger partial charge in [-0.3, -0.25) is 0 Å². The summed E-state index contributed by atoms with van der Waals surface area (Å²) in [7, 11) is 0. The molecule has 0 heterocycles. The first-order chi connectivity index (χ1) is 4.09. The van der Waals surface area contributed by atoms with E-state index < -0.39 is 22.6 Å². The molecule has 0 aromatic heterocycles. The lowest BCUT2D eigenvalue weighted by Gasteiger charge is -2.07. The lowest BCUT2D eigenvalue weighted by molar-refractivity contribution is 0.115. The highest BCUT2D eigenvalue weighted by Crippen LogP contribution is 1.92. The van der Waals surface area contributed by atoms with Gasteiger partial charge in [0.2, 0.25) is 0 Å². The van der Waals surface area contributed by atoms with E-state index >= 15 is 0 Å². The Morgan fingerprint density at radius 2 is 2.00 bits per heavy atom. The van der Waals surface area contributed by atoms with Gasteiger partial charge in [-0.1, -0.05) is 0 Å². The van der Waals surface area contributed by atoms with Gasteiger partial charge in [0.1, 0.15) is 6.10 Å². The molecular weight excluding hydrogens is 146 g/mol. The lowest BCUT2D eigenvalue weighted by Crippen LogP contribution is -2.30. The SMILES string of the molecule is N=CC(O)C(O)S(=O)O. The van der Waals surface area contributed by atoms with Gasteiger partial charge >= 0.3 is 0 Å². The third kappa shape index (κ3) is 2.66. The summed E-state index contributed by atoms with van der Waals surface area (Å²) in [4.78, 5) is 0. The van der Waals surface area contributed by atoms with Crippen LogP contribution >= 0.6 is 0 Å². The van der Waals surface area contributed by atoms with Crippen molar-refractivity contribution in [3.05, 3.63) is 0 Å². The third-order valence-corrected chi connectivity index (χ3v) is 1.36. The molecule has 0 aliphatic carbocycles. The summed E-state index contributed by atoms with van der Waals surface area (Å²) >= 11 is -2.49. The second kappa shape index (κ2) is 3.67. The van der Waals surface area contributed by atoms with E-state index in [1.165, 1.54) is 0 Å². The van der Waals surface area contributed by atoms with E-state index in [9.17, 15) is 4.21 Å². The fourth-order valence-corrected chi connectivity index (χ4v) is 0.519. The second-order valence-electron chi connectivity index (χ2n) is 1.32. The third-order valence-electron chi connectivity index (χ3n) is 0.670. The smallest absolute Gasteiger partial charge is 0.185 e. The number of nitrogens with one attached hydrogen (secondary N) is 1. The Balaban J connectivity index is 3.86. The average Bonchev–Trinajstić information content (AvgIpc) is 1.84. The van der Waals surface area contributed by atoms with Crippen LogP contribution in [0.1, 0.15) is 0 Å². The molecule has 0 aliphatic heterocycles. The summed E-state index contributed by atoms with van der Waals surface area (Å²) in [6.45, 7) is 0. The normalized spacial score (nSPS) is 20.3. The van der Waals surface area contributed by atoms with Crippen molar-refractivity contribution in [3.8, 4) is 0 Å². The average molecular weight is 153 g/mol. The van der Waals surface area contributed by atoms with E-state index in [-0.39, 0.29) is 0 Å². The quantitative estimate of drug-likeness (QED) is 0.294. The largest absolute Gasteiger partial charge is 0.384 e. The van der Waals surface area contributed by atoms with Crippen LogP contribution in [0.15, 0.2) is 0 Å². The molecule has 0 bridgehead atoms. The van der Waals surface area contributed by atoms with E-state index in [0.717, 1.165) is 0 Å². The Labute approximate surface area is 54.1 Å². The van der Waals surface area contributed by atoms with Gasteiger partial charge in [0.15, 0.2) is 16.5 Å². The molecule has 54 valence electrons. The molecule has 0 saturated heterocycles. The van der Waals surface area contributed by atoms with Crippen molar-refractivity contribution in [1.82, 2.24) is 0 Å². The molecule has 0 amide bonds. The predicted octanol–water partition coefficient (Wildman–Crippen LogP) is -1.46. The zero-order valence-electron chi connectivity index (χ0n) is 4.39. The minimum Gasteiger partial charge on any atom is -0.384 e. The minimum atomic E-state index is -2.49. The van der Waals surface area contributed by atoms with E-state index in [1.807, 2.05) is 0 Å². The molecule has 3 unspecified atom stereocenters. The van der Waals surface area contributed by atoms with Crippen molar-refractivity contribution in [2.75, 3.05) is 0 Å². The van der Waals surface area contributed by atoms with Crippen LogP contribution in [-0.2, 0) is 11.1 Å². The van der Waals surface area contributed by atoms with Gasteiger partial charge in [0.05, 0.1) is 0 Å². The second-order valence-corrected chi connectivity index (χ2v) is 2.36. The number of rotatable bonds is 3. The summed E-state index contributed by atoms with van der Waals surface area (Å²) in [5.41, 5.74) is -1.78. The van der Waals surface area contributed by atoms with Crippen LogP contribution < -0.4 is 0 Å². The van der Waals surface area contributed by atoms with Crippen molar-refractivity contribution in [2.45, 2.75) is 11.5 Å². The van der Waals surface area contributed by atoms with Crippen LogP contribution in [0.25, 0.3) is 0 Å². The van der Waals surface area contributed by atoms with E-state index in [1.54, 1.807) is 0 Å². The maximum atomic E-state index is 9.90. The summed E-state index contributed by atoms with van der Waals surface area (Å²) in [5, 5.41) is 23.2. The van der Waals surface area contributed by atoms with Crippen LogP contribution in [0, 0.1) is 5.41 Å². The standard InChI is InChI=1S/C3H7NO4S/c4-1-2(5)3(6)9(7)8/h1-6H,(H,7,8). The number of hydrogen-bond donors (Lipinski definition) is 4. The first kappa shape index (κ1) is 8.70. The maximum Gasteiger partial charge on any atom is 0.185 e. The van der Waals surface area contributed by atoms with Crippen LogP contribution in [0.2, 0.25) is 0 Å². The highest BCUT2D eigenvalue weighted by atomic mass is 32.2. The molecule has 6 heteroatoms. The first-order valence-corrected chi connectivity index (χ1v) is 3.23. The Morgan fingerprint density at radius 1 is 1.56 bits per heavy atom. The summed E-state index contributed by atoms with van der Waals surface area (Å²) in [5.74, 6) is 0. The molecule has 0 spiro atoms. The molecule has 0 aromatic rings. The van der Waals surface area contributed by atoms with Gasteiger partial charge in [0, 0.05) is 6.21 Å². The Kier molecular flexibility index (Phi) is 3.55. The molecule has 4 N–H and O–H groups in total. The molecular formula is C3H7NO4S. The van der Waals surface area contributed by atoms with Crippen molar-refractivity contribution in [3.63, 3.8) is 0 Å². The molecule has 9 heavy (non-hydrogen) atoms. The molecule has 0 aliphatic rings. The number of aliphatic hydroxyl groups is 2. The van der Waals surface area contributed by atoms with Crippen LogP contribution in [0.4, 0.5) is 0 Å². The summed E-state index contributed by atoms with van der Waals surface area (Å²) in [6.07, 6.45) is -1.07. The van der Waals surface area contributed by atoms with Gasteiger partial charge in [-0.2, -0.15) is 0 Å². The van der Waals surface area contributed by atoms with E-state index in [2.05, 4.69) is 0 Å². The first-order valence-electron chi connectivity index (χ1n) is 2.06. The Bertz CT molecular complexity index is 127. The summed E-state index contributed by atoms with van der Waals surface area (Å²) < 4.78 is 18.0. The van der Waals surface area contributed by atoms with Crippen molar-refractivity contribution < 1.29 is 19.0 Å². The fourth-order valence-electron chi connectivity index (χ4n) is 0.202. The molecule has 0 fully saturated rings. The summed E-state index contributed by atoms with van der Waals surface area (Å²) in [6, 6.07) is 0. The maximum absolute atomic E-state index is 9.90. The van der Waals surface area contributed by atoms with Gasteiger partial charge in [0.25, 0.3) is 0 Å². The Morgan fingerprint density at radius 3 is 2.11 bits per heavy atom. The minimum absolute atomic E-state index is 0.485. The van der Waals surface area contributed by atoms with Crippen LogP contribution in [0.5, 0.6) is 0 Å². The highest BCUT2D eigenvalue weighted by molar-refractivity contribution is 7.79. The molecule has 0 aromatic carbocycles. The molecule has 0 rings (SSSR count). The number of aliphatic hydroxyl groups excluding tert-OH is 2. The van der Waals surface area contributed by atoms with Crippen molar-refractivity contribution >= 4 is 17.3 Å². The molecule has 3 atom stereocenters. The van der Waals surface area contributed by atoms with Gasteiger partial charge in [-0.15, -0.1) is 0 Å². The van der Waals surface area contributed by atoms with Crippen molar-refractivity contribution in [2.24, 2.45) is 0 Å². The van der Waals surface area contributed by atoms with Crippen LogP contribution in [-0.4, -0.2) is 36.7 Å². The monoisotopic (exact) mass is 153 g/mol. The van der Waals surface area contributed by atoms with E-state index in [0.29, 0.717) is 6.21 Å². The fraction of sp³-hybridized carbons (Fsp3) is 0.667. The molecule has 0 saturated carbocycles. The molecule has 5 nitrogen and oxygen atoms in total. The molecule has 0 radical (unpaired) electrons. The zero-order chi connectivity index (χ0) is 7.44. The topological polar surface area (TPSA) is 102 Å². The van der Waals surface area contributed by atoms with Gasteiger partial charge in [-0.05, 0) is 0 Å². The Hall–Kier alpha value is -0.300. The lowest BCUT2D eigenvalue weighted by atomic mass is 10.4. The number of hydrogen-bond acceptors (Lipinski definition) is 4. The van der Waals surface area contributed by atoms with Gasteiger partial charge < -0.3 is 20.2 Å².